The van der Waals surface area contributed by atoms with Crippen LogP contribution in [0.3, 0.4) is 0 Å². The van der Waals surface area contributed by atoms with Crippen LogP contribution in [0.2, 0.25) is 0 Å². The van der Waals surface area contributed by atoms with E-state index >= 15 is 0 Å². The van der Waals surface area contributed by atoms with Gasteiger partial charge in [-0.1, -0.05) is 12.1 Å². The van der Waals surface area contributed by atoms with Gasteiger partial charge in [0.15, 0.2) is 17.5 Å². The number of rotatable bonds is 9. The molecule has 8 heteroatoms. The lowest BCUT2D eigenvalue weighted by atomic mass is 10.1. The lowest BCUT2D eigenvalue weighted by Crippen LogP contribution is -2.37. The molecule has 30 heavy (non-hydrogen) atoms. The molecule has 2 aromatic carbocycles. The van der Waals surface area contributed by atoms with Crippen LogP contribution < -0.4 is 20.1 Å². The number of hydrogen-bond donors (Lipinski definition) is 2. The first kappa shape index (κ1) is 26.0. The smallest absolute Gasteiger partial charge is 0.191 e. The van der Waals surface area contributed by atoms with Gasteiger partial charge in [-0.15, -0.1) is 24.0 Å². The number of aliphatic imine (C=N–C) groups is 1. The summed E-state index contributed by atoms with van der Waals surface area (Å²) in [5.41, 5.74) is 2.83. The van der Waals surface area contributed by atoms with E-state index in [0.29, 0.717) is 31.2 Å². The number of guanidine groups is 1. The molecule has 2 aromatic rings. The van der Waals surface area contributed by atoms with E-state index in [-0.39, 0.29) is 29.8 Å². The van der Waals surface area contributed by atoms with Gasteiger partial charge < -0.3 is 25.0 Å². The topological polar surface area (TPSA) is 58.1 Å². The zero-order chi connectivity index (χ0) is 21.2. The molecule has 0 amide bonds. The Kier molecular flexibility index (Phi) is 11.5. The zero-order valence-electron chi connectivity index (χ0n) is 18.3. The molecule has 2 rings (SSSR count). The summed E-state index contributed by atoms with van der Waals surface area (Å²) in [5.74, 6) is 1.95. The Morgan fingerprint density at radius 1 is 1.00 bits per heavy atom. The van der Waals surface area contributed by atoms with Gasteiger partial charge in [-0.3, -0.25) is 4.99 Å². The van der Waals surface area contributed by atoms with E-state index in [1.165, 1.54) is 6.07 Å². The van der Waals surface area contributed by atoms with Crippen molar-refractivity contribution in [1.82, 2.24) is 15.5 Å². The predicted molar refractivity (Wildman–Crippen MR) is 131 cm³/mol. The fraction of sp³-hybridized carbons (Fsp3) is 0.409. The summed E-state index contributed by atoms with van der Waals surface area (Å²) in [5, 5.41) is 6.57. The Morgan fingerprint density at radius 3 is 2.33 bits per heavy atom. The second-order valence-corrected chi connectivity index (χ2v) is 6.96. The van der Waals surface area contributed by atoms with Crippen LogP contribution in [0.1, 0.15) is 16.7 Å². The third-order valence-corrected chi connectivity index (χ3v) is 4.43. The lowest BCUT2D eigenvalue weighted by molar-refractivity contribution is 0.354. The van der Waals surface area contributed by atoms with Crippen LogP contribution in [0.15, 0.2) is 41.4 Å². The molecule has 0 aromatic heterocycles. The molecule has 0 aliphatic heterocycles. The van der Waals surface area contributed by atoms with Crippen LogP contribution in [0, 0.1) is 5.82 Å². The molecule has 6 nitrogen and oxygen atoms in total. The van der Waals surface area contributed by atoms with Gasteiger partial charge >= 0.3 is 0 Å². The summed E-state index contributed by atoms with van der Waals surface area (Å²) in [6.45, 7) is 1.85. The van der Waals surface area contributed by atoms with Gasteiger partial charge in [0.2, 0.25) is 0 Å². The Balaban J connectivity index is 0.00000450. The number of ether oxygens (including phenoxy) is 2. The van der Waals surface area contributed by atoms with Gasteiger partial charge in [0, 0.05) is 32.2 Å². The first-order chi connectivity index (χ1) is 14.0. The Morgan fingerprint density at radius 2 is 1.70 bits per heavy atom. The molecule has 2 N–H and O–H groups in total. The second-order valence-electron chi connectivity index (χ2n) is 6.96. The number of hydrogen-bond acceptors (Lipinski definition) is 4. The van der Waals surface area contributed by atoms with Gasteiger partial charge in [0.1, 0.15) is 5.82 Å². The first-order valence-electron chi connectivity index (χ1n) is 9.54. The number of nitrogens with one attached hydrogen (secondary N) is 2. The number of methoxy groups -OCH3 is 2. The van der Waals surface area contributed by atoms with Gasteiger partial charge in [-0.05, 0) is 55.9 Å². The van der Waals surface area contributed by atoms with Crippen molar-refractivity contribution in [1.29, 1.82) is 0 Å². The maximum Gasteiger partial charge on any atom is 0.191 e. The number of nitrogens with zero attached hydrogens (tertiary/aromatic N) is 2. The van der Waals surface area contributed by atoms with Crippen LogP contribution >= 0.6 is 24.0 Å². The van der Waals surface area contributed by atoms with E-state index in [1.807, 2.05) is 43.3 Å². The van der Waals surface area contributed by atoms with Crippen molar-refractivity contribution in [2.75, 3.05) is 41.9 Å². The van der Waals surface area contributed by atoms with Crippen molar-refractivity contribution in [2.45, 2.75) is 19.5 Å². The highest BCUT2D eigenvalue weighted by Crippen LogP contribution is 2.27. The highest BCUT2D eigenvalue weighted by molar-refractivity contribution is 14.0. The van der Waals surface area contributed by atoms with E-state index < -0.39 is 0 Å². The molecular formula is C22H32FIN4O2. The maximum absolute atomic E-state index is 13.9. The quantitative estimate of drug-likeness (QED) is 0.296. The van der Waals surface area contributed by atoms with Gasteiger partial charge in [0.05, 0.1) is 14.2 Å². The minimum Gasteiger partial charge on any atom is -0.493 e. The zero-order valence-corrected chi connectivity index (χ0v) is 20.6. The monoisotopic (exact) mass is 530 g/mol. The van der Waals surface area contributed by atoms with E-state index in [0.717, 1.165) is 29.0 Å². The normalized spacial score (nSPS) is 11.1. The van der Waals surface area contributed by atoms with Gasteiger partial charge in [-0.25, -0.2) is 4.39 Å². The molecule has 0 aliphatic rings. The third kappa shape index (κ3) is 7.98. The summed E-state index contributed by atoms with van der Waals surface area (Å²) in [4.78, 5) is 6.20. The van der Waals surface area contributed by atoms with Crippen molar-refractivity contribution in [3.8, 4) is 11.5 Å². The molecule has 0 fully saturated rings. The lowest BCUT2D eigenvalue weighted by Gasteiger charge is -2.15. The minimum atomic E-state index is -0.181. The van der Waals surface area contributed by atoms with Crippen molar-refractivity contribution in [3.05, 3.63) is 58.9 Å². The molecule has 0 spiro atoms. The average molecular weight is 530 g/mol. The molecular weight excluding hydrogens is 498 g/mol. The number of benzene rings is 2. The second kappa shape index (κ2) is 13.3. The SMILES string of the molecule is CN=C(NCCc1ccc(OC)c(OC)c1)NCc1ccc(F)c(CN(C)C)c1.I. The third-order valence-electron chi connectivity index (χ3n) is 4.43. The highest BCUT2D eigenvalue weighted by Gasteiger charge is 2.07. The summed E-state index contributed by atoms with van der Waals surface area (Å²) in [6, 6.07) is 11.1. The number of halogens is 2. The fourth-order valence-electron chi connectivity index (χ4n) is 2.97. The van der Waals surface area contributed by atoms with Gasteiger partial charge in [0.25, 0.3) is 0 Å². The fourth-order valence-corrected chi connectivity index (χ4v) is 2.97. The van der Waals surface area contributed by atoms with Crippen molar-refractivity contribution >= 4 is 29.9 Å². The van der Waals surface area contributed by atoms with Gasteiger partial charge in [-0.2, -0.15) is 0 Å². The van der Waals surface area contributed by atoms with E-state index in [9.17, 15) is 4.39 Å². The molecule has 0 bridgehead atoms. The average Bonchev–Trinajstić information content (AvgIpc) is 2.72. The van der Waals surface area contributed by atoms with Crippen molar-refractivity contribution in [2.24, 2.45) is 4.99 Å². The van der Waals surface area contributed by atoms with E-state index in [1.54, 1.807) is 27.3 Å². The van der Waals surface area contributed by atoms with Crippen LogP contribution in [0.5, 0.6) is 11.5 Å². The summed E-state index contributed by atoms with van der Waals surface area (Å²) in [6.07, 6.45) is 0.810. The largest absolute Gasteiger partial charge is 0.493 e. The van der Waals surface area contributed by atoms with Crippen LogP contribution in [-0.4, -0.2) is 52.8 Å². The summed E-state index contributed by atoms with van der Waals surface area (Å²) >= 11 is 0. The molecule has 0 aliphatic carbocycles. The Bertz CT molecular complexity index is 831. The van der Waals surface area contributed by atoms with Crippen LogP contribution in [0.25, 0.3) is 0 Å². The highest BCUT2D eigenvalue weighted by atomic mass is 127. The molecule has 0 atom stereocenters. The van der Waals surface area contributed by atoms with Crippen molar-refractivity contribution in [3.63, 3.8) is 0 Å². The van der Waals surface area contributed by atoms with Crippen molar-refractivity contribution < 1.29 is 13.9 Å². The molecule has 0 radical (unpaired) electrons. The standard InChI is InChI=1S/C22H31FN4O2.HI/c1-24-22(25-11-10-16-7-9-20(28-4)21(13-16)29-5)26-14-17-6-8-19(23)18(12-17)15-27(2)3;/h6-9,12-13H,10-11,14-15H2,1-5H3,(H2,24,25,26);1H. The molecule has 0 saturated heterocycles. The van der Waals surface area contributed by atoms with E-state index in [2.05, 4.69) is 15.6 Å². The first-order valence-corrected chi connectivity index (χ1v) is 9.54. The molecule has 166 valence electrons. The Hall–Kier alpha value is -2.07. The predicted octanol–water partition coefficient (Wildman–Crippen LogP) is 3.43. The maximum atomic E-state index is 13.9. The van der Waals surface area contributed by atoms with Crippen LogP contribution in [0.4, 0.5) is 4.39 Å². The summed E-state index contributed by atoms with van der Waals surface area (Å²) < 4.78 is 24.5. The van der Waals surface area contributed by atoms with E-state index in [4.69, 9.17) is 9.47 Å². The minimum absolute atomic E-state index is 0. The Labute approximate surface area is 195 Å². The van der Waals surface area contributed by atoms with Crippen LogP contribution in [-0.2, 0) is 19.5 Å². The molecule has 0 unspecified atom stereocenters. The molecule has 0 heterocycles. The summed E-state index contributed by atoms with van der Waals surface area (Å²) in [7, 11) is 8.83. The molecule has 0 saturated carbocycles.